The van der Waals surface area contributed by atoms with Gasteiger partial charge in [-0.3, -0.25) is 0 Å². The van der Waals surface area contributed by atoms with Gasteiger partial charge in [0, 0.05) is 23.1 Å². The molecular weight excluding hydrogens is 296 g/mol. The summed E-state index contributed by atoms with van der Waals surface area (Å²) >= 11 is 0. The summed E-state index contributed by atoms with van der Waals surface area (Å²) in [6.45, 7) is 11.0. The van der Waals surface area contributed by atoms with Gasteiger partial charge in [0.15, 0.2) is 0 Å². The van der Waals surface area contributed by atoms with Crippen molar-refractivity contribution in [2.75, 3.05) is 0 Å². The van der Waals surface area contributed by atoms with Crippen LogP contribution in [0, 0.1) is 5.92 Å². The fraction of sp³-hybridized carbons (Fsp3) is 0.727. The molecule has 0 bridgehead atoms. The van der Waals surface area contributed by atoms with Crippen LogP contribution in [0.5, 0.6) is 11.5 Å². The van der Waals surface area contributed by atoms with Gasteiger partial charge in [0.05, 0.1) is 0 Å². The third kappa shape index (κ3) is 3.30. The standard InChI is InChI=1S/C22H34O2/c1-15(2)12-16-17-14-22(10-8-6-7-9-11-22)24-19(17)13-18(20(16)23)21(3,4)5/h13,15,23H,6-12,14H2,1-5H3. The summed E-state index contributed by atoms with van der Waals surface area (Å²) in [4.78, 5) is 0. The molecule has 1 fully saturated rings. The van der Waals surface area contributed by atoms with E-state index >= 15 is 0 Å². The Kier molecular flexibility index (Phi) is 4.61. The SMILES string of the molecule is CC(C)Cc1c(O)c(C(C)(C)C)cc2c1CC1(CCCCCC1)O2. The third-order valence-electron chi connectivity index (χ3n) is 5.74. The van der Waals surface area contributed by atoms with Gasteiger partial charge < -0.3 is 9.84 Å². The van der Waals surface area contributed by atoms with Crippen molar-refractivity contribution < 1.29 is 9.84 Å². The van der Waals surface area contributed by atoms with Crippen LogP contribution in [0.2, 0.25) is 0 Å². The van der Waals surface area contributed by atoms with Crippen LogP contribution >= 0.6 is 0 Å². The highest BCUT2D eigenvalue weighted by Crippen LogP contribution is 2.49. The summed E-state index contributed by atoms with van der Waals surface area (Å²) in [6, 6.07) is 2.13. The lowest BCUT2D eigenvalue weighted by Gasteiger charge is -2.27. The number of rotatable bonds is 2. The second kappa shape index (κ2) is 6.28. The Morgan fingerprint density at radius 3 is 2.29 bits per heavy atom. The van der Waals surface area contributed by atoms with Crippen LogP contribution in [0.25, 0.3) is 0 Å². The number of ether oxygens (including phenoxy) is 1. The Morgan fingerprint density at radius 1 is 1.12 bits per heavy atom. The molecule has 2 nitrogen and oxygen atoms in total. The highest BCUT2D eigenvalue weighted by molar-refractivity contribution is 5.57. The average molecular weight is 331 g/mol. The zero-order valence-corrected chi connectivity index (χ0v) is 16.2. The summed E-state index contributed by atoms with van der Waals surface area (Å²) in [6.07, 6.45) is 9.44. The average Bonchev–Trinajstić information content (AvgIpc) is 2.66. The number of aromatic hydroxyl groups is 1. The van der Waals surface area contributed by atoms with E-state index in [1.54, 1.807) is 0 Å². The number of phenols is 1. The molecule has 0 atom stereocenters. The molecule has 0 aromatic heterocycles. The van der Waals surface area contributed by atoms with Crippen molar-refractivity contribution in [3.8, 4) is 11.5 Å². The van der Waals surface area contributed by atoms with E-state index in [-0.39, 0.29) is 11.0 Å². The Morgan fingerprint density at radius 2 is 1.75 bits per heavy atom. The van der Waals surface area contributed by atoms with E-state index in [1.807, 2.05) is 0 Å². The van der Waals surface area contributed by atoms with Crippen molar-refractivity contribution in [1.29, 1.82) is 0 Å². The van der Waals surface area contributed by atoms with Crippen LogP contribution in [0.15, 0.2) is 6.07 Å². The minimum Gasteiger partial charge on any atom is -0.507 e. The van der Waals surface area contributed by atoms with E-state index in [9.17, 15) is 5.11 Å². The van der Waals surface area contributed by atoms with Gasteiger partial charge in [0.25, 0.3) is 0 Å². The van der Waals surface area contributed by atoms with Gasteiger partial charge in [-0.1, -0.05) is 47.5 Å². The molecule has 3 rings (SSSR count). The fourth-order valence-corrected chi connectivity index (χ4v) is 4.47. The molecule has 1 N–H and O–H groups in total. The predicted molar refractivity (Wildman–Crippen MR) is 100 cm³/mol. The first kappa shape index (κ1) is 17.6. The largest absolute Gasteiger partial charge is 0.507 e. The van der Waals surface area contributed by atoms with Gasteiger partial charge in [-0.25, -0.2) is 0 Å². The number of hydrogen-bond donors (Lipinski definition) is 1. The fourth-order valence-electron chi connectivity index (χ4n) is 4.47. The third-order valence-corrected chi connectivity index (χ3v) is 5.74. The van der Waals surface area contributed by atoms with Crippen molar-refractivity contribution >= 4 is 0 Å². The molecule has 1 aliphatic carbocycles. The zero-order chi connectivity index (χ0) is 17.5. The van der Waals surface area contributed by atoms with Crippen LogP contribution < -0.4 is 4.74 Å². The zero-order valence-electron chi connectivity index (χ0n) is 16.2. The molecule has 0 saturated heterocycles. The van der Waals surface area contributed by atoms with Crippen LogP contribution in [-0.2, 0) is 18.3 Å². The quantitative estimate of drug-likeness (QED) is 0.729. The van der Waals surface area contributed by atoms with E-state index in [0.717, 1.165) is 42.6 Å². The lowest BCUT2D eigenvalue weighted by atomic mass is 9.80. The number of hydrogen-bond acceptors (Lipinski definition) is 2. The van der Waals surface area contributed by atoms with E-state index in [2.05, 4.69) is 40.7 Å². The summed E-state index contributed by atoms with van der Waals surface area (Å²) in [5, 5.41) is 11.0. The minimum absolute atomic E-state index is 0.00644. The van der Waals surface area contributed by atoms with Gasteiger partial charge in [-0.05, 0) is 49.5 Å². The van der Waals surface area contributed by atoms with Crippen molar-refractivity contribution in [3.63, 3.8) is 0 Å². The van der Waals surface area contributed by atoms with Gasteiger partial charge in [-0.15, -0.1) is 0 Å². The molecule has 1 aromatic rings. The van der Waals surface area contributed by atoms with Gasteiger partial charge in [-0.2, -0.15) is 0 Å². The maximum atomic E-state index is 11.0. The van der Waals surface area contributed by atoms with Gasteiger partial charge in [0.1, 0.15) is 17.1 Å². The van der Waals surface area contributed by atoms with E-state index < -0.39 is 0 Å². The van der Waals surface area contributed by atoms with E-state index in [4.69, 9.17) is 4.74 Å². The van der Waals surface area contributed by atoms with Gasteiger partial charge >= 0.3 is 0 Å². The van der Waals surface area contributed by atoms with Crippen LogP contribution in [0.1, 0.15) is 89.8 Å². The number of fused-ring (bicyclic) bond motifs is 1. The molecule has 1 saturated carbocycles. The lowest BCUT2D eigenvalue weighted by molar-refractivity contribution is 0.0771. The summed E-state index contributed by atoms with van der Waals surface area (Å²) in [7, 11) is 0. The topological polar surface area (TPSA) is 29.5 Å². The molecule has 1 aliphatic heterocycles. The molecule has 2 heteroatoms. The first-order valence-corrected chi connectivity index (χ1v) is 9.79. The molecular formula is C22H34O2. The number of benzene rings is 1. The Labute approximate surface area is 147 Å². The molecule has 1 spiro atoms. The molecule has 1 heterocycles. The molecule has 0 radical (unpaired) electrons. The second-order valence-corrected chi connectivity index (χ2v) is 9.45. The molecule has 0 amide bonds. The number of phenolic OH excluding ortho intramolecular Hbond substituents is 1. The lowest BCUT2D eigenvalue weighted by Crippen LogP contribution is -2.33. The monoisotopic (exact) mass is 330 g/mol. The minimum atomic E-state index is -0.0760. The molecule has 24 heavy (non-hydrogen) atoms. The van der Waals surface area contributed by atoms with Crippen LogP contribution in [-0.4, -0.2) is 10.7 Å². The normalized spacial score (nSPS) is 20.1. The Bertz CT molecular complexity index is 599. The Hall–Kier alpha value is -1.18. The maximum Gasteiger partial charge on any atom is 0.124 e. The highest BCUT2D eigenvalue weighted by atomic mass is 16.5. The van der Waals surface area contributed by atoms with Crippen molar-refractivity contribution in [1.82, 2.24) is 0 Å². The smallest absolute Gasteiger partial charge is 0.124 e. The van der Waals surface area contributed by atoms with Gasteiger partial charge in [0.2, 0.25) is 0 Å². The highest BCUT2D eigenvalue weighted by Gasteiger charge is 2.42. The molecule has 2 aliphatic rings. The maximum absolute atomic E-state index is 11.0. The first-order chi connectivity index (χ1) is 11.2. The van der Waals surface area contributed by atoms with Crippen molar-refractivity contribution in [2.24, 2.45) is 5.92 Å². The van der Waals surface area contributed by atoms with Crippen LogP contribution in [0.4, 0.5) is 0 Å². The van der Waals surface area contributed by atoms with Crippen molar-refractivity contribution in [2.45, 2.75) is 97.0 Å². The van der Waals surface area contributed by atoms with Crippen molar-refractivity contribution in [3.05, 3.63) is 22.8 Å². The summed E-state index contributed by atoms with van der Waals surface area (Å²) < 4.78 is 6.62. The molecule has 1 aromatic carbocycles. The molecule has 134 valence electrons. The second-order valence-electron chi connectivity index (χ2n) is 9.45. The summed E-state index contributed by atoms with van der Waals surface area (Å²) in [5.41, 5.74) is 3.38. The Balaban J connectivity index is 2.06. The summed E-state index contributed by atoms with van der Waals surface area (Å²) in [5.74, 6) is 2.10. The van der Waals surface area contributed by atoms with Crippen LogP contribution in [0.3, 0.4) is 0 Å². The van der Waals surface area contributed by atoms with E-state index in [1.165, 1.54) is 31.2 Å². The molecule has 0 unspecified atom stereocenters. The van der Waals surface area contributed by atoms with E-state index in [0.29, 0.717) is 11.7 Å². The predicted octanol–water partition coefficient (Wildman–Crippen LogP) is 5.92. The first-order valence-electron chi connectivity index (χ1n) is 9.79.